The molecule has 0 unspecified atom stereocenters. The Balaban J connectivity index is 0.00000115. The summed E-state index contributed by atoms with van der Waals surface area (Å²) in [5.41, 5.74) is 11.5. The van der Waals surface area contributed by atoms with Gasteiger partial charge in [-0.05, 0) is 60.9 Å². The van der Waals surface area contributed by atoms with Crippen LogP contribution >= 0.6 is 0 Å². The highest BCUT2D eigenvalue weighted by Gasteiger charge is 2.28. The molecular weight excluding hydrogens is 468 g/mol. The van der Waals surface area contributed by atoms with Crippen molar-refractivity contribution in [1.29, 1.82) is 0 Å². The Bertz CT molecular complexity index is 1190. The number of rotatable bonds is 12. The Morgan fingerprint density at radius 1 is 1.17 bits per heavy atom. The molecule has 36 heavy (non-hydrogen) atoms. The molecule has 0 bridgehead atoms. The Kier molecular flexibility index (Phi) is 9.46. The molecule has 0 saturated heterocycles. The number of nitrogens with zero attached hydrogens (tertiary/aromatic N) is 3. The summed E-state index contributed by atoms with van der Waals surface area (Å²) in [5, 5.41) is 3.16. The van der Waals surface area contributed by atoms with Crippen molar-refractivity contribution in [3.8, 4) is 5.69 Å². The Hall–Kier alpha value is -3.86. The molecule has 0 atom stereocenters. The van der Waals surface area contributed by atoms with E-state index in [1.54, 1.807) is 12.4 Å². The van der Waals surface area contributed by atoms with Gasteiger partial charge in [-0.25, -0.2) is 13.8 Å². The number of allylic oxidation sites excluding steroid dienone is 2. The molecule has 3 aromatic rings. The van der Waals surface area contributed by atoms with Gasteiger partial charge in [0, 0.05) is 49.1 Å². The van der Waals surface area contributed by atoms with Gasteiger partial charge in [0.25, 0.3) is 0 Å². The van der Waals surface area contributed by atoms with Crippen molar-refractivity contribution in [3.63, 3.8) is 0 Å². The molecule has 192 valence electrons. The van der Waals surface area contributed by atoms with Crippen molar-refractivity contribution in [3.05, 3.63) is 65.9 Å². The van der Waals surface area contributed by atoms with Crippen molar-refractivity contribution in [2.45, 2.75) is 44.4 Å². The molecule has 4 rings (SSSR count). The van der Waals surface area contributed by atoms with E-state index in [9.17, 15) is 13.6 Å². The second-order valence-electron chi connectivity index (χ2n) is 8.59. The summed E-state index contributed by atoms with van der Waals surface area (Å²) >= 11 is 0. The van der Waals surface area contributed by atoms with E-state index in [1.165, 1.54) is 12.8 Å². The van der Waals surface area contributed by atoms with Gasteiger partial charge in [0.05, 0.1) is 11.9 Å². The Labute approximate surface area is 207 Å². The van der Waals surface area contributed by atoms with Crippen molar-refractivity contribution in [2.75, 3.05) is 6.54 Å². The number of carbonyl (C=O) groups is 2. The molecule has 6 N–H and O–H groups in total. The van der Waals surface area contributed by atoms with Gasteiger partial charge < -0.3 is 16.5 Å². The van der Waals surface area contributed by atoms with E-state index in [0.717, 1.165) is 40.0 Å². The maximum atomic E-state index is 14.0. The molecule has 2 amide bonds. The normalized spacial score (nSPS) is 13.6. The zero-order chi connectivity index (χ0) is 26.0. The highest BCUT2D eigenvalue weighted by Crippen LogP contribution is 2.34. The average molecular weight is 500 g/mol. The zero-order valence-electron chi connectivity index (χ0n) is 19.9. The first-order valence-electron chi connectivity index (χ1n) is 11.7. The number of halogens is 2. The van der Waals surface area contributed by atoms with Gasteiger partial charge in [0.15, 0.2) is 0 Å². The maximum absolute atomic E-state index is 14.0. The number of aryl methyl sites for hydroxylation is 1. The van der Waals surface area contributed by atoms with Gasteiger partial charge in [0.2, 0.25) is 18.7 Å². The number of fused-ring (bicyclic) bond motifs is 1. The van der Waals surface area contributed by atoms with Gasteiger partial charge >= 0.3 is 0 Å². The molecule has 1 fully saturated rings. The van der Waals surface area contributed by atoms with Crippen LogP contribution in [-0.2, 0) is 22.4 Å². The highest BCUT2D eigenvalue weighted by atomic mass is 19.3. The summed E-state index contributed by atoms with van der Waals surface area (Å²) in [6.45, 7) is -0.0375. The SMILES string of the molecule is NC=O.NN/C(=C\Cc1cncc(-n2ccc3cc(CCC(F)(F)CCNC=O)cnc32)c1)C1CC1. The number of alkyl halides is 2. The third-order valence-electron chi connectivity index (χ3n) is 5.88. The lowest BCUT2D eigenvalue weighted by molar-refractivity contribution is -0.110. The fourth-order valence-electron chi connectivity index (χ4n) is 3.86. The third kappa shape index (κ3) is 7.57. The summed E-state index contributed by atoms with van der Waals surface area (Å²) in [4.78, 5) is 27.7. The average Bonchev–Trinajstić information content (AvgIpc) is 3.62. The van der Waals surface area contributed by atoms with E-state index in [2.05, 4.69) is 38.6 Å². The first-order chi connectivity index (χ1) is 17.4. The minimum Gasteiger partial charge on any atom is -0.372 e. The number of hydrogen-bond acceptors (Lipinski definition) is 6. The molecule has 11 heteroatoms. The van der Waals surface area contributed by atoms with Crippen molar-refractivity contribution < 1.29 is 18.4 Å². The van der Waals surface area contributed by atoms with E-state index in [-0.39, 0.29) is 32.2 Å². The molecule has 9 nitrogen and oxygen atoms in total. The van der Waals surface area contributed by atoms with Crippen LogP contribution in [0.3, 0.4) is 0 Å². The monoisotopic (exact) mass is 499 g/mol. The molecule has 3 aromatic heterocycles. The van der Waals surface area contributed by atoms with Crippen LogP contribution in [0.4, 0.5) is 8.78 Å². The lowest BCUT2D eigenvalue weighted by atomic mass is 10.0. The number of pyridine rings is 2. The molecule has 0 radical (unpaired) electrons. The number of carbonyl (C=O) groups excluding carboxylic acids is 2. The van der Waals surface area contributed by atoms with Crippen LogP contribution < -0.4 is 22.3 Å². The van der Waals surface area contributed by atoms with Gasteiger partial charge in [0.1, 0.15) is 5.65 Å². The Morgan fingerprint density at radius 3 is 2.64 bits per heavy atom. The molecule has 1 aliphatic rings. The van der Waals surface area contributed by atoms with Gasteiger partial charge in [-0.3, -0.25) is 25.0 Å². The summed E-state index contributed by atoms with van der Waals surface area (Å²) in [7, 11) is 0. The second kappa shape index (κ2) is 12.7. The maximum Gasteiger partial charge on any atom is 0.250 e. The van der Waals surface area contributed by atoms with Crippen molar-refractivity contribution >= 4 is 23.9 Å². The topological polar surface area (TPSA) is 141 Å². The molecule has 0 spiro atoms. The second-order valence-corrected chi connectivity index (χ2v) is 8.59. The van der Waals surface area contributed by atoms with Crippen LogP contribution in [0.2, 0.25) is 0 Å². The first-order valence-corrected chi connectivity index (χ1v) is 11.7. The van der Waals surface area contributed by atoms with E-state index in [4.69, 9.17) is 10.6 Å². The number of nitrogens with two attached hydrogens (primary N) is 2. The van der Waals surface area contributed by atoms with Gasteiger partial charge in [-0.2, -0.15) is 0 Å². The minimum absolute atomic E-state index is 0.0375. The lowest BCUT2D eigenvalue weighted by Gasteiger charge is -2.15. The predicted octanol–water partition coefficient (Wildman–Crippen LogP) is 2.53. The number of aromatic nitrogens is 3. The standard InChI is InChI=1S/C24H28F2N6O.CH3NO/c25-24(26,8-9-28-16-33)7-5-18-11-20-6-10-32(23(20)30-14-18)21-12-17(13-29-15-21)1-4-22(31-27)19-2-3-19;2-1-3/h4,6,10-16,19,31H,1-3,5,7-9,27H2,(H,28,33);1H,(H2,2,3)/b22-4-;. The quantitative estimate of drug-likeness (QED) is 0.131. The molecular formula is C25H31F2N7O2. The summed E-state index contributed by atoms with van der Waals surface area (Å²) in [6.07, 6.45) is 12.6. The molecule has 1 aliphatic carbocycles. The number of primary amides is 1. The van der Waals surface area contributed by atoms with E-state index < -0.39 is 5.92 Å². The molecule has 1 saturated carbocycles. The highest BCUT2D eigenvalue weighted by molar-refractivity contribution is 5.78. The summed E-state index contributed by atoms with van der Waals surface area (Å²) in [5.74, 6) is 3.34. The van der Waals surface area contributed by atoms with Crippen LogP contribution in [0.25, 0.3) is 16.7 Å². The van der Waals surface area contributed by atoms with Crippen molar-refractivity contribution in [2.24, 2.45) is 17.5 Å². The Morgan fingerprint density at radius 2 is 1.94 bits per heavy atom. The van der Waals surface area contributed by atoms with E-state index in [0.29, 0.717) is 12.3 Å². The summed E-state index contributed by atoms with van der Waals surface area (Å²) < 4.78 is 29.9. The molecule has 0 aromatic carbocycles. The van der Waals surface area contributed by atoms with Crippen LogP contribution in [-0.4, -0.2) is 39.8 Å². The van der Waals surface area contributed by atoms with Crippen LogP contribution in [0.1, 0.15) is 36.8 Å². The molecule has 0 aliphatic heterocycles. The van der Waals surface area contributed by atoms with Gasteiger partial charge in [-0.15, -0.1) is 0 Å². The number of amides is 2. The minimum atomic E-state index is -2.84. The largest absolute Gasteiger partial charge is 0.372 e. The number of hydrogen-bond donors (Lipinski definition) is 4. The summed E-state index contributed by atoms with van der Waals surface area (Å²) in [6, 6.07) is 5.88. The predicted molar refractivity (Wildman–Crippen MR) is 133 cm³/mol. The smallest absolute Gasteiger partial charge is 0.250 e. The number of hydrazine groups is 1. The van der Waals surface area contributed by atoms with Gasteiger partial charge in [-0.1, -0.05) is 6.08 Å². The van der Waals surface area contributed by atoms with Crippen LogP contribution in [0.15, 0.2) is 54.8 Å². The number of nitrogens with one attached hydrogen (secondary N) is 2. The zero-order valence-corrected chi connectivity index (χ0v) is 19.9. The molecule has 3 heterocycles. The van der Waals surface area contributed by atoms with E-state index in [1.807, 2.05) is 29.1 Å². The van der Waals surface area contributed by atoms with Crippen molar-refractivity contribution in [1.82, 2.24) is 25.3 Å². The third-order valence-corrected chi connectivity index (χ3v) is 5.88. The fourth-order valence-corrected chi connectivity index (χ4v) is 3.86. The lowest BCUT2D eigenvalue weighted by Crippen LogP contribution is -2.24. The van der Waals surface area contributed by atoms with Crippen LogP contribution in [0, 0.1) is 5.92 Å². The fraction of sp³-hybridized carbons (Fsp3) is 0.360. The van der Waals surface area contributed by atoms with E-state index >= 15 is 0 Å². The first kappa shape index (κ1) is 26.7. The van der Waals surface area contributed by atoms with Crippen LogP contribution in [0.5, 0.6) is 0 Å².